The molecule has 66 valence electrons. The fourth-order valence-electron chi connectivity index (χ4n) is 1.25. The number of rotatable bonds is 3. The van der Waals surface area contributed by atoms with Gasteiger partial charge in [-0.25, -0.2) is 4.68 Å². The van der Waals surface area contributed by atoms with E-state index in [1.807, 2.05) is 0 Å². The molecule has 0 amide bonds. The molecule has 0 aliphatic heterocycles. The van der Waals surface area contributed by atoms with Crippen LogP contribution in [0.5, 0.6) is 0 Å². The molecule has 0 bridgehead atoms. The van der Waals surface area contributed by atoms with E-state index in [9.17, 15) is 0 Å². The topological polar surface area (TPSA) is 82.8 Å². The summed E-state index contributed by atoms with van der Waals surface area (Å²) < 4.78 is 1.36. The van der Waals surface area contributed by atoms with Gasteiger partial charge in [0.1, 0.15) is 0 Å². The summed E-state index contributed by atoms with van der Waals surface area (Å²) in [6, 6.07) is 0. The van der Waals surface area contributed by atoms with Gasteiger partial charge in [-0.3, -0.25) is 0 Å². The summed E-state index contributed by atoms with van der Waals surface area (Å²) in [5.74, 6) is 7.55. The number of nitrogen functional groups attached to an aromatic ring is 2. The van der Waals surface area contributed by atoms with Gasteiger partial charge in [0.15, 0.2) is 5.82 Å². The van der Waals surface area contributed by atoms with E-state index in [-0.39, 0.29) is 0 Å². The number of nitrogens with two attached hydrogens (primary N) is 2. The van der Waals surface area contributed by atoms with E-state index in [1.54, 1.807) is 0 Å². The Morgan fingerprint density at radius 1 is 1.42 bits per heavy atom. The fraction of sp³-hybridized carbons (Fsp3) is 0.714. The van der Waals surface area contributed by atoms with E-state index >= 15 is 0 Å². The van der Waals surface area contributed by atoms with Gasteiger partial charge in [-0.1, -0.05) is 12.8 Å². The highest BCUT2D eigenvalue weighted by Crippen LogP contribution is 2.33. The number of hydrogen-bond donors (Lipinski definition) is 2. The Kier molecular flexibility index (Phi) is 1.64. The van der Waals surface area contributed by atoms with Crippen LogP contribution in [0.25, 0.3) is 0 Å². The number of hydrogen-bond acceptors (Lipinski definition) is 4. The maximum absolute atomic E-state index is 5.58. The predicted octanol–water partition coefficient (Wildman–Crippen LogP) is -0.0833. The van der Waals surface area contributed by atoms with Crippen LogP contribution in [0.3, 0.4) is 0 Å². The average Bonchev–Trinajstić information content (AvgIpc) is 2.82. The van der Waals surface area contributed by atoms with Gasteiger partial charge in [-0.15, -0.1) is 10.2 Å². The summed E-state index contributed by atoms with van der Waals surface area (Å²) in [6.07, 6.45) is 4.77. The van der Waals surface area contributed by atoms with Gasteiger partial charge in [-0.05, 0) is 12.3 Å². The van der Waals surface area contributed by atoms with Crippen molar-refractivity contribution in [3.8, 4) is 0 Å². The maximum atomic E-state index is 5.58. The van der Waals surface area contributed by atoms with Crippen LogP contribution in [0.2, 0.25) is 0 Å². The monoisotopic (exact) mass is 167 g/mol. The van der Waals surface area contributed by atoms with Crippen molar-refractivity contribution < 1.29 is 0 Å². The summed E-state index contributed by atoms with van der Waals surface area (Å²) in [4.78, 5) is 0. The first-order valence-corrected chi connectivity index (χ1v) is 4.22. The van der Waals surface area contributed by atoms with Crippen LogP contribution in [-0.2, 0) is 6.42 Å². The normalized spacial score (nSPS) is 16.7. The zero-order valence-electron chi connectivity index (χ0n) is 6.90. The second kappa shape index (κ2) is 2.66. The van der Waals surface area contributed by atoms with Crippen molar-refractivity contribution in [2.24, 2.45) is 5.92 Å². The Labute approximate surface area is 70.7 Å². The Bertz CT molecular complexity index is 275. The summed E-state index contributed by atoms with van der Waals surface area (Å²) in [5.41, 5.74) is 5.43. The van der Waals surface area contributed by atoms with Crippen molar-refractivity contribution in [2.45, 2.75) is 25.7 Å². The third-order valence-electron chi connectivity index (χ3n) is 2.27. The third kappa shape index (κ3) is 1.34. The molecule has 2 rings (SSSR count). The lowest BCUT2D eigenvalue weighted by Gasteiger charge is -1.99. The maximum Gasteiger partial charge on any atom is 0.240 e. The third-order valence-corrected chi connectivity index (χ3v) is 2.27. The Morgan fingerprint density at radius 3 is 2.67 bits per heavy atom. The molecule has 1 aliphatic rings. The molecule has 4 N–H and O–H groups in total. The van der Waals surface area contributed by atoms with E-state index in [4.69, 9.17) is 11.6 Å². The quantitative estimate of drug-likeness (QED) is 0.617. The van der Waals surface area contributed by atoms with Crippen molar-refractivity contribution in [3.05, 3.63) is 5.82 Å². The van der Waals surface area contributed by atoms with Crippen LogP contribution in [0.1, 0.15) is 25.1 Å². The highest BCUT2D eigenvalue weighted by molar-refractivity contribution is 5.17. The molecule has 1 aromatic heterocycles. The molecule has 1 saturated carbocycles. The molecule has 0 unspecified atom stereocenters. The number of aromatic nitrogens is 3. The molecule has 5 heteroatoms. The van der Waals surface area contributed by atoms with Crippen LogP contribution in [-0.4, -0.2) is 14.9 Å². The first-order valence-electron chi connectivity index (χ1n) is 4.22. The van der Waals surface area contributed by atoms with Gasteiger partial charge in [0.2, 0.25) is 5.95 Å². The van der Waals surface area contributed by atoms with Crippen molar-refractivity contribution >= 4 is 5.95 Å². The minimum atomic E-state index is 0.292. The molecular formula is C7H13N5. The van der Waals surface area contributed by atoms with E-state index in [1.165, 1.54) is 17.5 Å². The van der Waals surface area contributed by atoms with Crippen LogP contribution in [0.4, 0.5) is 5.95 Å². The molecular weight excluding hydrogens is 154 g/mol. The highest BCUT2D eigenvalue weighted by Gasteiger charge is 2.21. The zero-order valence-corrected chi connectivity index (χ0v) is 6.90. The largest absolute Gasteiger partial charge is 0.366 e. The molecule has 0 aromatic carbocycles. The summed E-state index contributed by atoms with van der Waals surface area (Å²) in [5, 5.41) is 7.56. The summed E-state index contributed by atoms with van der Waals surface area (Å²) in [7, 11) is 0. The molecule has 12 heavy (non-hydrogen) atoms. The zero-order chi connectivity index (χ0) is 8.55. The number of anilines is 1. The highest BCUT2D eigenvalue weighted by atomic mass is 15.4. The smallest absolute Gasteiger partial charge is 0.240 e. The van der Waals surface area contributed by atoms with Crippen molar-refractivity contribution in [3.63, 3.8) is 0 Å². The summed E-state index contributed by atoms with van der Waals surface area (Å²) >= 11 is 0. The van der Waals surface area contributed by atoms with Gasteiger partial charge in [0.25, 0.3) is 0 Å². The SMILES string of the molecule is Nc1nnc(CCC2CC2)n1N. The molecule has 0 atom stereocenters. The molecule has 1 heterocycles. The predicted molar refractivity (Wildman–Crippen MR) is 45.6 cm³/mol. The average molecular weight is 167 g/mol. The summed E-state index contributed by atoms with van der Waals surface area (Å²) in [6.45, 7) is 0. The van der Waals surface area contributed by atoms with Crippen molar-refractivity contribution in [1.29, 1.82) is 0 Å². The lowest BCUT2D eigenvalue weighted by atomic mass is 10.2. The van der Waals surface area contributed by atoms with E-state index in [2.05, 4.69) is 10.2 Å². The van der Waals surface area contributed by atoms with E-state index < -0.39 is 0 Å². The van der Waals surface area contributed by atoms with Crippen LogP contribution in [0, 0.1) is 5.92 Å². The van der Waals surface area contributed by atoms with Crippen LogP contribution in [0.15, 0.2) is 0 Å². The number of aryl methyl sites for hydroxylation is 1. The Morgan fingerprint density at radius 2 is 2.17 bits per heavy atom. The van der Waals surface area contributed by atoms with Crippen LogP contribution < -0.4 is 11.6 Å². The van der Waals surface area contributed by atoms with Gasteiger partial charge in [0, 0.05) is 6.42 Å². The molecule has 5 nitrogen and oxygen atoms in total. The Hall–Kier alpha value is -1.26. The second-order valence-corrected chi connectivity index (χ2v) is 3.33. The first-order chi connectivity index (χ1) is 5.77. The standard InChI is InChI=1S/C7H13N5/c8-7-11-10-6(12(7)9)4-3-5-1-2-5/h5H,1-4,9H2,(H2,8,11). The van der Waals surface area contributed by atoms with E-state index in [0.29, 0.717) is 5.95 Å². The van der Waals surface area contributed by atoms with Gasteiger partial charge >= 0.3 is 0 Å². The van der Waals surface area contributed by atoms with Gasteiger partial charge < -0.3 is 11.6 Å². The Balaban J connectivity index is 1.96. The van der Waals surface area contributed by atoms with Gasteiger partial charge in [0.05, 0.1) is 0 Å². The second-order valence-electron chi connectivity index (χ2n) is 3.33. The molecule has 0 saturated heterocycles. The van der Waals surface area contributed by atoms with Crippen LogP contribution >= 0.6 is 0 Å². The lowest BCUT2D eigenvalue weighted by Crippen LogP contribution is -2.15. The first kappa shape index (κ1) is 7.39. The molecule has 0 radical (unpaired) electrons. The lowest BCUT2D eigenvalue weighted by molar-refractivity contribution is 0.681. The van der Waals surface area contributed by atoms with E-state index in [0.717, 1.165) is 24.6 Å². The fourth-order valence-corrected chi connectivity index (χ4v) is 1.25. The minimum absolute atomic E-state index is 0.292. The van der Waals surface area contributed by atoms with Crippen molar-refractivity contribution in [2.75, 3.05) is 11.6 Å². The molecule has 0 spiro atoms. The molecule has 1 aromatic rings. The molecule has 1 aliphatic carbocycles. The molecule has 1 fully saturated rings. The number of nitrogens with zero attached hydrogens (tertiary/aromatic N) is 3. The van der Waals surface area contributed by atoms with Gasteiger partial charge in [-0.2, -0.15) is 0 Å². The van der Waals surface area contributed by atoms with Crippen molar-refractivity contribution in [1.82, 2.24) is 14.9 Å². The minimum Gasteiger partial charge on any atom is -0.366 e.